The van der Waals surface area contributed by atoms with Gasteiger partial charge >= 0.3 is 6.18 Å². The van der Waals surface area contributed by atoms with Gasteiger partial charge in [0.05, 0.1) is 11.5 Å². The third-order valence-electron chi connectivity index (χ3n) is 4.80. The van der Waals surface area contributed by atoms with E-state index in [1.165, 1.54) is 0 Å². The number of hydrogen-bond acceptors (Lipinski definition) is 3. The maximum atomic E-state index is 13.2. The molecule has 0 saturated heterocycles. The van der Waals surface area contributed by atoms with Gasteiger partial charge in [0.2, 0.25) is 0 Å². The van der Waals surface area contributed by atoms with Crippen LogP contribution in [0.4, 0.5) is 13.2 Å². The van der Waals surface area contributed by atoms with Crippen molar-refractivity contribution in [2.75, 3.05) is 0 Å². The third kappa shape index (κ3) is 3.62. The van der Waals surface area contributed by atoms with Gasteiger partial charge in [-0.05, 0) is 50.2 Å². The Bertz CT molecular complexity index is 575. The van der Waals surface area contributed by atoms with Crippen LogP contribution in [-0.2, 0) is 6.18 Å². The number of carbonyl (C=O) groups excluding carboxylic acids is 1. The lowest BCUT2D eigenvalue weighted by molar-refractivity contribution is -0.255. The van der Waals surface area contributed by atoms with Crippen molar-refractivity contribution in [3.05, 3.63) is 29.3 Å². The van der Waals surface area contributed by atoms with Crippen molar-refractivity contribution in [1.29, 1.82) is 0 Å². The quantitative estimate of drug-likeness (QED) is 0.825. The number of rotatable bonds is 5. The number of benzene rings is 1. The van der Waals surface area contributed by atoms with Crippen molar-refractivity contribution >= 4 is 5.97 Å². The van der Waals surface area contributed by atoms with Gasteiger partial charge in [-0.25, -0.2) is 0 Å². The smallest absolute Gasteiger partial charge is 0.419 e. The molecule has 0 radical (unpaired) electrons. The van der Waals surface area contributed by atoms with Crippen LogP contribution in [0.1, 0.15) is 61.9 Å². The van der Waals surface area contributed by atoms with Crippen molar-refractivity contribution < 1.29 is 27.8 Å². The van der Waals surface area contributed by atoms with Crippen LogP contribution in [0.2, 0.25) is 0 Å². The maximum Gasteiger partial charge on any atom is 0.419 e. The Morgan fingerprint density at radius 1 is 1.35 bits per heavy atom. The summed E-state index contributed by atoms with van der Waals surface area (Å²) in [5, 5.41) is 11.0. The van der Waals surface area contributed by atoms with E-state index in [9.17, 15) is 23.1 Å². The molecule has 0 aliphatic heterocycles. The van der Waals surface area contributed by atoms with E-state index < -0.39 is 29.1 Å². The van der Waals surface area contributed by atoms with Crippen molar-refractivity contribution in [1.82, 2.24) is 0 Å². The van der Waals surface area contributed by atoms with Gasteiger partial charge in [-0.1, -0.05) is 19.9 Å². The van der Waals surface area contributed by atoms with E-state index >= 15 is 0 Å². The molecule has 2 rings (SSSR count). The Balaban J connectivity index is 2.47. The first-order valence-corrected chi connectivity index (χ1v) is 7.81. The molecule has 0 amide bonds. The minimum atomic E-state index is -4.60. The van der Waals surface area contributed by atoms with Crippen molar-refractivity contribution in [2.24, 2.45) is 5.92 Å². The molecule has 0 spiro atoms. The van der Waals surface area contributed by atoms with E-state index in [1.807, 2.05) is 13.8 Å². The molecule has 6 heteroatoms. The molecule has 3 nitrogen and oxygen atoms in total. The van der Waals surface area contributed by atoms with Crippen LogP contribution in [0.3, 0.4) is 0 Å². The van der Waals surface area contributed by atoms with E-state index in [2.05, 4.69) is 0 Å². The Morgan fingerprint density at radius 2 is 1.96 bits per heavy atom. The molecule has 1 aliphatic carbocycles. The topological polar surface area (TPSA) is 49.4 Å². The second kappa shape index (κ2) is 6.42. The van der Waals surface area contributed by atoms with Gasteiger partial charge in [0.1, 0.15) is 11.4 Å². The summed E-state index contributed by atoms with van der Waals surface area (Å²) in [5.41, 5.74) is -1.93. The van der Waals surface area contributed by atoms with Crippen LogP contribution in [0.5, 0.6) is 5.75 Å². The van der Waals surface area contributed by atoms with Crippen LogP contribution in [0.15, 0.2) is 18.2 Å². The first-order valence-electron chi connectivity index (χ1n) is 7.81. The SMILES string of the molecule is CCC(C)C1(Oc2cc(C(=O)[O-])ccc2C(F)(F)F)CCCC1. The van der Waals surface area contributed by atoms with Crippen LogP contribution in [-0.4, -0.2) is 11.6 Å². The molecule has 1 aromatic rings. The van der Waals surface area contributed by atoms with Gasteiger partial charge in [-0.3, -0.25) is 0 Å². The van der Waals surface area contributed by atoms with E-state index in [4.69, 9.17) is 4.74 Å². The zero-order valence-electron chi connectivity index (χ0n) is 13.2. The zero-order chi connectivity index (χ0) is 17.3. The fourth-order valence-corrected chi connectivity index (χ4v) is 3.23. The lowest BCUT2D eigenvalue weighted by atomic mass is 9.85. The molecule has 1 atom stereocenters. The van der Waals surface area contributed by atoms with Crippen LogP contribution in [0, 0.1) is 5.92 Å². The molecule has 23 heavy (non-hydrogen) atoms. The highest BCUT2D eigenvalue weighted by Gasteiger charge is 2.43. The number of hydrogen-bond donors (Lipinski definition) is 0. The van der Waals surface area contributed by atoms with Gasteiger partial charge in [-0.2, -0.15) is 13.2 Å². The maximum absolute atomic E-state index is 13.2. The number of carbonyl (C=O) groups is 1. The standard InChI is InChI=1S/C17H21F3O3/c1-3-11(2)16(8-4-5-9-16)23-14-10-12(15(21)22)6-7-13(14)17(18,19)20/h6-7,10-11H,3-5,8-9H2,1-2H3,(H,21,22)/p-1. The summed E-state index contributed by atoms with van der Waals surface area (Å²) in [6, 6.07) is 2.58. The van der Waals surface area contributed by atoms with Gasteiger partial charge in [0.25, 0.3) is 0 Å². The molecule has 0 bridgehead atoms. The Kier molecular flexibility index (Phi) is 4.92. The van der Waals surface area contributed by atoms with E-state index in [0.717, 1.165) is 37.5 Å². The lowest BCUT2D eigenvalue weighted by Gasteiger charge is -2.36. The minimum absolute atomic E-state index is 0.0812. The van der Waals surface area contributed by atoms with Crippen LogP contribution in [0.25, 0.3) is 0 Å². The second-order valence-corrected chi connectivity index (χ2v) is 6.18. The number of halogens is 3. The van der Waals surface area contributed by atoms with Gasteiger partial charge in [0, 0.05) is 5.56 Å². The van der Waals surface area contributed by atoms with Crippen molar-refractivity contribution in [3.8, 4) is 5.75 Å². The summed E-state index contributed by atoms with van der Waals surface area (Å²) in [7, 11) is 0. The van der Waals surface area contributed by atoms with E-state index in [-0.39, 0.29) is 11.5 Å². The normalized spacial score (nSPS) is 18.7. The predicted octanol–water partition coefficient (Wildman–Crippen LogP) is 3.81. The highest BCUT2D eigenvalue weighted by atomic mass is 19.4. The number of carboxylic acid groups (broad SMARTS) is 1. The van der Waals surface area contributed by atoms with Gasteiger partial charge < -0.3 is 14.6 Å². The monoisotopic (exact) mass is 329 g/mol. The molecule has 0 N–H and O–H groups in total. The summed E-state index contributed by atoms with van der Waals surface area (Å²) in [5.74, 6) is -1.85. The number of carboxylic acids is 1. The average molecular weight is 329 g/mol. The molecular formula is C17H20F3O3-. The molecule has 0 heterocycles. The highest BCUT2D eigenvalue weighted by Crippen LogP contribution is 2.45. The van der Waals surface area contributed by atoms with E-state index in [0.29, 0.717) is 12.8 Å². The summed E-state index contributed by atoms with van der Waals surface area (Å²) >= 11 is 0. The summed E-state index contributed by atoms with van der Waals surface area (Å²) in [6.45, 7) is 3.93. The van der Waals surface area contributed by atoms with Crippen molar-refractivity contribution in [2.45, 2.75) is 57.7 Å². The second-order valence-electron chi connectivity index (χ2n) is 6.18. The Hall–Kier alpha value is -1.72. The summed E-state index contributed by atoms with van der Waals surface area (Å²) in [6.07, 6.45) is -0.683. The first-order chi connectivity index (χ1) is 10.7. The minimum Gasteiger partial charge on any atom is -0.545 e. The predicted molar refractivity (Wildman–Crippen MR) is 77.1 cm³/mol. The molecule has 1 saturated carbocycles. The number of aromatic carboxylic acids is 1. The highest BCUT2D eigenvalue weighted by molar-refractivity contribution is 5.86. The van der Waals surface area contributed by atoms with Gasteiger partial charge in [-0.15, -0.1) is 0 Å². The average Bonchev–Trinajstić information content (AvgIpc) is 2.94. The Labute approximate surface area is 133 Å². The molecule has 0 aromatic heterocycles. The molecule has 128 valence electrons. The number of alkyl halides is 3. The third-order valence-corrected chi connectivity index (χ3v) is 4.80. The fraction of sp³-hybridized carbons (Fsp3) is 0.588. The Morgan fingerprint density at radius 3 is 2.43 bits per heavy atom. The van der Waals surface area contributed by atoms with E-state index in [1.54, 1.807) is 0 Å². The van der Waals surface area contributed by atoms with Gasteiger partial charge in [0.15, 0.2) is 0 Å². The largest absolute Gasteiger partial charge is 0.545 e. The lowest BCUT2D eigenvalue weighted by Crippen LogP contribution is -2.40. The van der Waals surface area contributed by atoms with Crippen LogP contribution < -0.4 is 9.84 Å². The molecule has 1 aromatic carbocycles. The molecular weight excluding hydrogens is 309 g/mol. The number of ether oxygens (including phenoxy) is 1. The molecule has 1 fully saturated rings. The zero-order valence-corrected chi connectivity index (χ0v) is 13.2. The summed E-state index contributed by atoms with van der Waals surface area (Å²) < 4.78 is 45.5. The fourth-order valence-electron chi connectivity index (χ4n) is 3.23. The first kappa shape index (κ1) is 17.6. The van der Waals surface area contributed by atoms with Crippen molar-refractivity contribution in [3.63, 3.8) is 0 Å². The van der Waals surface area contributed by atoms with Crippen LogP contribution >= 0.6 is 0 Å². The summed E-state index contributed by atoms with van der Waals surface area (Å²) in [4.78, 5) is 11.0. The molecule has 1 aliphatic rings. The molecule has 1 unspecified atom stereocenters.